The maximum Gasteiger partial charge on any atom is 0.309 e. The molecule has 0 saturated heterocycles. The zero-order valence-corrected chi connectivity index (χ0v) is 22.7. The van der Waals surface area contributed by atoms with E-state index in [9.17, 15) is 9.59 Å². The van der Waals surface area contributed by atoms with E-state index < -0.39 is 0 Å². The smallest absolute Gasteiger partial charge is 0.309 e. The zero-order valence-electron chi connectivity index (χ0n) is 22.7. The topological polar surface area (TPSA) is 61.8 Å². The molecule has 5 nitrogen and oxygen atoms in total. The van der Waals surface area contributed by atoms with Crippen molar-refractivity contribution >= 4 is 11.9 Å². The van der Waals surface area contributed by atoms with Gasteiger partial charge in [0.25, 0.3) is 0 Å². The summed E-state index contributed by atoms with van der Waals surface area (Å²) < 4.78 is 18.3. The number of carbonyl (C=O) groups is 2. The molecule has 4 aliphatic carbocycles. The molecule has 0 N–H and O–H groups in total. The van der Waals surface area contributed by atoms with Crippen LogP contribution in [0.15, 0.2) is 0 Å². The van der Waals surface area contributed by atoms with E-state index in [2.05, 4.69) is 27.7 Å². The van der Waals surface area contributed by atoms with Gasteiger partial charge in [0.2, 0.25) is 0 Å². The second kappa shape index (κ2) is 12.4. The third-order valence-electron chi connectivity index (χ3n) is 10.1. The Bertz CT molecular complexity index is 633. The second-order valence-electron chi connectivity index (χ2n) is 12.7. The third kappa shape index (κ3) is 7.46. The van der Waals surface area contributed by atoms with Crippen LogP contribution in [0.2, 0.25) is 0 Å². The van der Waals surface area contributed by atoms with Gasteiger partial charge in [0.05, 0.1) is 24.0 Å². The highest BCUT2D eigenvalue weighted by Gasteiger charge is 2.35. The fraction of sp³-hybridized carbons (Fsp3) is 0.933. The van der Waals surface area contributed by atoms with Crippen LogP contribution in [0.4, 0.5) is 0 Å². The molecular weight excluding hydrogens is 440 g/mol. The summed E-state index contributed by atoms with van der Waals surface area (Å²) in [6.07, 6.45) is 14.5. The summed E-state index contributed by atoms with van der Waals surface area (Å²) in [5.41, 5.74) is 0. The zero-order chi connectivity index (χ0) is 24.9. The van der Waals surface area contributed by atoms with Crippen LogP contribution in [-0.2, 0) is 23.8 Å². The standard InChI is InChI=1S/C30H50O5/c1-19-5-7-23(17-21(19)3)29(31)34-27-13-9-25(10-14-27)33-26-11-15-28(16-12-26)35-30(32)24-8-6-20(2)22(4)18-24/h19-28H,5-18H2,1-4H3. The molecule has 4 saturated carbocycles. The number of rotatable bonds is 6. The Balaban J connectivity index is 1.10. The SMILES string of the molecule is CC1CCC(C(=O)OC2CCC(OC3CCC(OC(=O)C4CCC(C)C(C)C4)CC3)CC2)CC1C. The van der Waals surface area contributed by atoms with Gasteiger partial charge in [0, 0.05) is 0 Å². The minimum atomic E-state index is 0.0400. The fourth-order valence-electron chi connectivity index (χ4n) is 6.89. The van der Waals surface area contributed by atoms with Gasteiger partial charge in [-0.25, -0.2) is 0 Å². The van der Waals surface area contributed by atoms with Crippen molar-refractivity contribution in [2.45, 2.75) is 142 Å². The van der Waals surface area contributed by atoms with Gasteiger partial charge in [-0.1, -0.05) is 27.7 Å². The lowest BCUT2D eigenvalue weighted by Crippen LogP contribution is -2.36. The number of hydrogen-bond donors (Lipinski definition) is 0. The minimum absolute atomic E-state index is 0.0400. The Morgan fingerprint density at radius 3 is 1.14 bits per heavy atom. The van der Waals surface area contributed by atoms with Crippen molar-refractivity contribution < 1.29 is 23.8 Å². The predicted octanol–water partition coefficient (Wildman–Crippen LogP) is 6.86. The Hall–Kier alpha value is -1.10. The van der Waals surface area contributed by atoms with E-state index >= 15 is 0 Å². The van der Waals surface area contributed by atoms with Crippen LogP contribution in [-0.4, -0.2) is 36.4 Å². The molecule has 4 fully saturated rings. The molecule has 0 heterocycles. The predicted molar refractivity (Wildman–Crippen MR) is 137 cm³/mol. The lowest BCUT2D eigenvalue weighted by atomic mass is 9.76. The number of esters is 2. The van der Waals surface area contributed by atoms with Crippen LogP contribution in [0.3, 0.4) is 0 Å². The van der Waals surface area contributed by atoms with Gasteiger partial charge >= 0.3 is 11.9 Å². The highest BCUT2D eigenvalue weighted by Crippen LogP contribution is 2.37. The molecule has 0 aromatic heterocycles. The maximum absolute atomic E-state index is 12.7. The second-order valence-corrected chi connectivity index (χ2v) is 12.7. The van der Waals surface area contributed by atoms with E-state index in [4.69, 9.17) is 14.2 Å². The van der Waals surface area contributed by atoms with Crippen LogP contribution in [0.1, 0.15) is 118 Å². The molecule has 0 amide bonds. The minimum Gasteiger partial charge on any atom is -0.462 e. The Kier molecular flexibility index (Phi) is 9.57. The molecule has 6 unspecified atom stereocenters. The maximum atomic E-state index is 12.7. The highest BCUT2D eigenvalue weighted by molar-refractivity contribution is 5.73. The van der Waals surface area contributed by atoms with Crippen molar-refractivity contribution in [3.8, 4) is 0 Å². The van der Waals surface area contributed by atoms with Crippen LogP contribution in [0.5, 0.6) is 0 Å². The van der Waals surface area contributed by atoms with Gasteiger partial charge < -0.3 is 14.2 Å². The van der Waals surface area contributed by atoms with Crippen LogP contribution >= 0.6 is 0 Å². The number of carbonyl (C=O) groups excluding carboxylic acids is 2. The monoisotopic (exact) mass is 490 g/mol. The highest BCUT2D eigenvalue weighted by atomic mass is 16.6. The van der Waals surface area contributed by atoms with Crippen LogP contribution in [0.25, 0.3) is 0 Å². The van der Waals surface area contributed by atoms with E-state index in [0.717, 1.165) is 102 Å². The molecule has 0 aromatic carbocycles. The summed E-state index contributed by atoms with van der Waals surface area (Å²) in [5, 5.41) is 0. The van der Waals surface area contributed by atoms with Gasteiger partial charge in [0.15, 0.2) is 0 Å². The summed E-state index contributed by atoms with van der Waals surface area (Å²) in [6.45, 7) is 9.12. The van der Waals surface area contributed by atoms with Gasteiger partial charge in [0.1, 0.15) is 12.2 Å². The Morgan fingerprint density at radius 2 is 0.800 bits per heavy atom. The van der Waals surface area contributed by atoms with Gasteiger partial charge in [-0.3, -0.25) is 9.59 Å². The van der Waals surface area contributed by atoms with E-state index in [-0.39, 0.29) is 48.2 Å². The van der Waals surface area contributed by atoms with Gasteiger partial charge in [-0.05, 0) is 114 Å². The van der Waals surface area contributed by atoms with Crippen molar-refractivity contribution in [1.82, 2.24) is 0 Å². The molecular formula is C30H50O5. The molecule has 0 radical (unpaired) electrons. The van der Waals surface area contributed by atoms with Crippen LogP contribution in [0, 0.1) is 35.5 Å². The molecule has 0 bridgehead atoms. The molecule has 0 aromatic rings. The average Bonchev–Trinajstić information content (AvgIpc) is 2.85. The van der Waals surface area contributed by atoms with Crippen molar-refractivity contribution in [2.24, 2.45) is 35.5 Å². The van der Waals surface area contributed by atoms with Crippen LogP contribution < -0.4 is 0 Å². The quantitative estimate of drug-likeness (QED) is 0.381. The van der Waals surface area contributed by atoms with E-state index in [0.29, 0.717) is 11.8 Å². The fourth-order valence-corrected chi connectivity index (χ4v) is 6.89. The number of ether oxygens (including phenoxy) is 3. The Morgan fingerprint density at radius 1 is 0.457 bits per heavy atom. The summed E-state index contributed by atoms with van der Waals surface area (Å²) in [7, 11) is 0. The Labute approximate surface area is 213 Å². The first kappa shape index (κ1) is 26.9. The largest absolute Gasteiger partial charge is 0.462 e. The van der Waals surface area contributed by atoms with Crippen molar-refractivity contribution in [2.75, 3.05) is 0 Å². The van der Waals surface area contributed by atoms with Gasteiger partial charge in [-0.2, -0.15) is 0 Å². The van der Waals surface area contributed by atoms with Crippen molar-refractivity contribution in [1.29, 1.82) is 0 Å². The molecule has 4 aliphatic rings. The summed E-state index contributed by atoms with van der Waals surface area (Å²) in [5.74, 6) is 2.95. The molecule has 5 heteroatoms. The molecule has 200 valence electrons. The van der Waals surface area contributed by atoms with E-state index in [1.807, 2.05) is 0 Å². The van der Waals surface area contributed by atoms with Gasteiger partial charge in [-0.15, -0.1) is 0 Å². The molecule has 4 rings (SSSR count). The first-order chi connectivity index (χ1) is 16.8. The molecule has 0 spiro atoms. The summed E-state index contributed by atoms with van der Waals surface area (Å²) >= 11 is 0. The summed E-state index contributed by atoms with van der Waals surface area (Å²) in [6, 6.07) is 0. The molecule has 0 aliphatic heterocycles. The third-order valence-corrected chi connectivity index (χ3v) is 10.1. The van der Waals surface area contributed by atoms with Crippen molar-refractivity contribution in [3.05, 3.63) is 0 Å². The lowest BCUT2D eigenvalue weighted by molar-refractivity contribution is -0.161. The summed E-state index contributed by atoms with van der Waals surface area (Å²) in [4.78, 5) is 25.3. The molecule has 35 heavy (non-hydrogen) atoms. The first-order valence-electron chi connectivity index (χ1n) is 14.8. The molecule has 6 atom stereocenters. The van der Waals surface area contributed by atoms with Crippen molar-refractivity contribution in [3.63, 3.8) is 0 Å². The normalized spacial score (nSPS) is 42.7. The lowest BCUT2D eigenvalue weighted by Gasteiger charge is -2.36. The van der Waals surface area contributed by atoms with E-state index in [1.165, 1.54) is 0 Å². The van der Waals surface area contributed by atoms with E-state index in [1.54, 1.807) is 0 Å². The number of hydrogen-bond acceptors (Lipinski definition) is 5. The first-order valence-corrected chi connectivity index (χ1v) is 14.8. The average molecular weight is 491 g/mol.